The van der Waals surface area contributed by atoms with E-state index in [9.17, 15) is 4.39 Å². The average Bonchev–Trinajstić information content (AvgIpc) is 2.43. The third kappa shape index (κ3) is 2.58. The molecular weight excluding hydrogens is 241 g/mol. The molecule has 0 aromatic heterocycles. The third-order valence-electron chi connectivity index (χ3n) is 3.06. The monoisotopic (exact) mass is 255 g/mol. The number of nitriles is 1. The lowest BCUT2D eigenvalue weighted by molar-refractivity contribution is 0.411. The molecule has 0 radical (unpaired) electrons. The van der Waals surface area contributed by atoms with Gasteiger partial charge in [-0.05, 0) is 24.1 Å². The van der Waals surface area contributed by atoms with Crippen LogP contribution in [0.1, 0.15) is 11.1 Å². The van der Waals surface area contributed by atoms with Crippen molar-refractivity contribution < 1.29 is 9.13 Å². The Balaban J connectivity index is 2.52. The van der Waals surface area contributed by atoms with Crippen LogP contribution in [0.25, 0.3) is 11.1 Å². The van der Waals surface area contributed by atoms with E-state index in [2.05, 4.69) is 6.07 Å². The molecule has 0 heterocycles. The number of hydrogen-bond acceptors (Lipinski definition) is 2. The van der Waals surface area contributed by atoms with Gasteiger partial charge in [0.1, 0.15) is 11.6 Å². The van der Waals surface area contributed by atoms with Crippen molar-refractivity contribution in [1.29, 1.82) is 5.26 Å². The third-order valence-corrected chi connectivity index (χ3v) is 3.06. The molecule has 0 bridgehead atoms. The second-order valence-electron chi connectivity index (χ2n) is 4.30. The zero-order valence-electron chi connectivity index (χ0n) is 10.9. The minimum absolute atomic E-state index is 0.224. The fourth-order valence-electron chi connectivity index (χ4n) is 2.01. The van der Waals surface area contributed by atoms with Crippen molar-refractivity contribution in [3.8, 4) is 22.9 Å². The molecule has 2 nitrogen and oxygen atoms in total. The number of nitrogens with zero attached hydrogens (tertiary/aromatic N) is 1. The number of rotatable bonds is 3. The van der Waals surface area contributed by atoms with Gasteiger partial charge in [0.2, 0.25) is 0 Å². The molecule has 96 valence electrons. The van der Waals surface area contributed by atoms with Crippen LogP contribution < -0.4 is 4.74 Å². The molecule has 0 N–H and O–H groups in total. The summed E-state index contributed by atoms with van der Waals surface area (Å²) >= 11 is 0. The van der Waals surface area contributed by atoms with Crippen LogP contribution in [0.4, 0.5) is 4.39 Å². The molecular formula is C16H14FNO. The summed E-state index contributed by atoms with van der Waals surface area (Å²) in [7, 11) is 1.55. The topological polar surface area (TPSA) is 33.0 Å². The molecule has 2 aromatic carbocycles. The van der Waals surface area contributed by atoms with E-state index >= 15 is 0 Å². The normalized spacial score (nSPS) is 10.0. The van der Waals surface area contributed by atoms with E-state index < -0.39 is 0 Å². The van der Waals surface area contributed by atoms with Gasteiger partial charge in [-0.2, -0.15) is 5.26 Å². The number of aryl methyl sites for hydroxylation is 1. The number of halogens is 1. The summed E-state index contributed by atoms with van der Waals surface area (Å²) in [6.07, 6.45) is 0.278. The van der Waals surface area contributed by atoms with Crippen LogP contribution in [0.15, 0.2) is 36.4 Å². The van der Waals surface area contributed by atoms with E-state index in [1.165, 1.54) is 0 Å². The van der Waals surface area contributed by atoms with Crippen molar-refractivity contribution in [3.05, 3.63) is 53.3 Å². The van der Waals surface area contributed by atoms with E-state index in [-0.39, 0.29) is 12.2 Å². The molecule has 0 aliphatic heterocycles. The number of benzene rings is 2. The van der Waals surface area contributed by atoms with Gasteiger partial charge in [0.15, 0.2) is 0 Å². The Morgan fingerprint density at radius 2 is 2.05 bits per heavy atom. The number of methoxy groups -OCH3 is 1. The van der Waals surface area contributed by atoms with Crippen molar-refractivity contribution in [1.82, 2.24) is 0 Å². The molecule has 0 aliphatic rings. The molecule has 3 heteroatoms. The summed E-state index contributed by atoms with van der Waals surface area (Å²) in [6, 6.07) is 12.8. The lowest BCUT2D eigenvalue weighted by atomic mass is 10.00. The molecule has 2 rings (SSSR count). The van der Waals surface area contributed by atoms with Gasteiger partial charge in [-0.25, -0.2) is 4.39 Å². The van der Waals surface area contributed by atoms with E-state index in [1.807, 2.05) is 12.1 Å². The molecule has 2 aromatic rings. The molecule has 0 amide bonds. The predicted molar refractivity (Wildman–Crippen MR) is 72.4 cm³/mol. The summed E-state index contributed by atoms with van der Waals surface area (Å²) in [4.78, 5) is 0. The number of ether oxygens (including phenoxy) is 1. The van der Waals surface area contributed by atoms with Gasteiger partial charge in [0.25, 0.3) is 0 Å². The molecule has 0 saturated carbocycles. The molecule has 0 fully saturated rings. The first-order valence-corrected chi connectivity index (χ1v) is 5.96. The maximum Gasteiger partial charge on any atom is 0.133 e. The van der Waals surface area contributed by atoms with E-state index in [4.69, 9.17) is 10.00 Å². The average molecular weight is 255 g/mol. The Kier molecular flexibility index (Phi) is 3.82. The van der Waals surface area contributed by atoms with Crippen LogP contribution in [0.5, 0.6) is 5.75 Å². The van der Waals surface area contributed by atoms with E-state index in [0.717, 1.165) is 11.1 Å². The molecule has 19 heavy (non-hydrogen) atoms. The Bertz CT molecular complexity index is 644. The van der Waals surface area contributed by atoms with Gasteiger partial charge in [-0.1, -0.05) is 30.3 Å². The SMILES string of the molecule is COc1cc(-c2cccc(C)c2F)ccc1CC#N. The van der Waals surface area contributed by atoms with Crippen LogP contribution in [0.3, 0.4) is 0 Å². The smallest absolute Gasteiger partial charge is 0.133 e. The van der Waals surface area contributed by atoms with Crippen molar-refractivity contribution in [2.45, 2.75) is 13.3 Å². The lowest BCUT2D eigenvalue weighted by Crippen LogP contribution is -1.93. The highest BCUT2D eigenvalue weighted by Crippen LogP contribution is 2.30. The second kappa shape index (κ2) is 5.53. The summed E-state index contributed by atoms with van der Waals surface area (Å²) < 4.78 is 19.3. The summed E-state index contributed by atoms with van der Waals surface area (Å²) in [5.41, 5.74) is 2.71. The first-order valence-electron chi connectivity index (χ1n) is 5.96. The molecule has 0 aliphatic carbocycles. The highest BCUT2D eigenvalue weighted by atomic mass is 19.1. The van der Waals surface area contributed by atoms with Gasteiger partial charge < -0.3 is 4.74 Å². The molecule has 0 atom stereocenters. The first kappa shape index (κ1) is 13.1. The van der Waals surface area contributed by atoms with Crippen LogP contribution >= 0.6 is 0 Å². The van der Waals surface area contributed by atoms with Gasteiger partial charge in [-0.15, -0.1) is 0 Å². The molecule has 0 saturated heterocycles. The first-order chi connectivity index (χ1) is 9.17. The minimum Gasteiger partial charge on any atom is -0.496 e. The van der Waals surface area contributed by atoms with Crippen LogP contribution in [-0.4, -0.2) is 7.11 Å². The molecule has 0 unspecified atom stereocenters. The van der Waals surface area contributed by atoms with Crippen molar-refractivity contribution in [2.24, 2.45) is 0 Å². The van der Waals surface area contributed by atoms with Gasteiger partial charge in [0, 0.05) is 11.1 Å². The van der Waals surface area contributed by atoms with Gasteiger partial charge in [-0.3, -0.25) is 0 Å². The lowest BCUT2D eigenvalue weighted by Gasteiger charge is -2.10. The van der Waals surface area contributed by atoms with Gasteiger partial charge >= 0.3 is 0 Å². The maximum atomic E-state index is 14.1. The largest absolute Gasteiger partial charge is 0.496 e. The Morgan fingerprint density at radius 1 is 1.26 bits per heavy atom. The van der Waals surface area contributed by atoms with Crippen molar-refractivity contribution >= 4 is 0 Å². The van der Waals surface area contributed by atoms with Crippen molar-refractivity contribution in [2.75, 3.05) is 7.11 Å². The standard InChI is InChI=1S/C16H14FNO/c1-11-4-3-5-14(16(11)17)13-7-6-12(8-9-18)15(10-13)19-2/h3-7,10H,8H2,1-2H3. The summed E-state index contributed by atoms with van der Waals surface area (Å²) in [5, 5.41) is 8.74. The van der Waals surface area contributed by atoms with Crippen LogP contribution in [0, 0.1) is 24.1 Å². The van der Waals surface area contributed by atoms with Crippen LogP contribution in [-0.2, 0) is 6.42 Å². The highest BCUT2D eigenvalue weighted by Gasteiger charge is 2.10. The zero-order valence-corrected chi connectivity index (χ0v) is 10.9. The predicted octanol–water partition coefficient (Wildman–Crippen LogP) is 3.88. The summed E-state index contributed by atoms with van der Waals surface area (Å²) in [5.74, 6) is 0.387. The fraction of sp³-hybridized carbons (Fsp3) is 0.188. The molecule has 0 spiro atoms. The quantitative estimate of drug-likeness (QED) is 0.834. The fourth-order valence-corrected chi connectivity index (χ4v) is 2.01. The minimum atomic E-state index is -0.224. The maximum absolute atomic E-state index is 14.1. The Morgan fingerprint density at radius 3 is 2.74 bits per heavy atom. The Hall–Kier alpha value is -2.34. The Labute approximate surface area is 112 Å². The second-order valence-corrected chi connectivity index (χ2v) is 4.30. The van der Waals surface area contributed by atoms with Crippen molar-refractivity contribution in [3.63, 3.8) is 0 Å². The van der Waals surface area contributed by atoms with E-state index in [1.54, 1.807) is 38.3 Å². The van der Waals surface area contributed by atoms with Gasteiger partial charge in [0.05, 0.1) is 19.6 Å². The zero-order chi connectivity index (χ0) is 13.8. The highest BCUT2D eigenvalue weighted by molar-refractivity contribution is 5.67. The van der Waals surface area contributed by atoms with E-state index in [0.29, 0.717) is 16.9 Å². The van der Waals surface area contributed by atoms with Crippen LogP contribution in [0.2, 0.25) is 0 Å². The number of hydrogen-bond donors (Lipinski definition) is 0. The summed E-state index contributed by atoms with van der Waals surface area (Å²) in [6.45, 7) is 1.74.